The van der Waals surface area contributed by atoms with Crippen LogP contribution in [0, 0.1) is 0 Å². The van der Waals surface area contributed by atoms with E-state index in [1.54, 1.807) is 0 Å². The van der Waals surface area contributed by atoms with Crippen molar-refractivity contribution in [2.24, 2.45) is 5.73 Å². The van der Waals surface area contributed by atoms with Gasteiger partial charge in [-0.15, -0.1) is 0 Å². The van der Waals surface area contributed by atoms with Gasteiger partial charge < -0.3 is 11.1 Å². The van der Waals surface area contributed by atoms with Crippen LogP contribution >= 0.6 is 0 Å². The largest absolute Gasteiger partial charge is 0.380 e. The predicted molar refractivity (Wildman–Crippen MR) is 52.5 cm³/mol. The Morgan fingerprint density at radius 2 is 2.46 bits per heavy atom. The molecule has 72 valence electrons. The normalized spacial score (nSPS) is 26.9. The van der Waals surface area contributed by atoms with Crippen molar-refractivity contribution in [3.05, 3.63) is 12.4 Å². The van der Waals surface area contributed by atoms with Crippen molar-refractivity contribution in [3.8, 4) is 0 Å². The topological polar surface area (TPSA) is 55.9 Å². The predicted octanol–water partition coefficient (Wildman–Crippen LogP) is 0.805. The van der Waals surface area contributed by atoms with Gasteiger partial charge in [-0.3, -0.25) is 4.68 Å². The molecule has 1 heterocycles. The van der Waals surface area contributed by atoms with Crippen molar-refractivity contribution >= 4 is 5.69 Å². The molecule has 2 rings (SSSR count). The Bertz CT molecular complexity index is 275. The first-order chi connectivity index (χ1) is 6.28. The number of aryl methyl sites for hydroxylation is 1. The Kier molecular flexibility index (Phi) is 2.22. The number of rotatable bonds is 3. The molecule has 1 saturated carbocycles. The fraction of sp³-hybridized carbons (Fsp3) is 0.667. The monoisotopic (exact) mass is 180 g/mol. The molecule has 4 nitrogen and oxygen atoms in total. The maximum Gasteiger partial charge on any atom is 0.0728 e. The summed E-state index contributed by atoms with van der Waals surface area (Å²) in [5.74, 6) is 0. The zero-order valence-electron chi connectivity index (χ0n) is 7.90. The third-order valence-electron chi connectivity index (χ3n) is 2.50. The quantitative estimate of drug-likeness (QED) is 0.723. The van der Waals surface area contributed by atoms with Crippen LogP contribution in [0.3, 0.4) is 0 Å². The molecule has 0 atom stereocenters. The number of anilines is 1. The van der Waals surface area contributed by atoms with E-state index >= 15 is 0 Å². The van der Waals surface area contributed by atoms with E-state index in [4.69, 9.17) is 5.73 Å². The Morgan fingerprint density at radius 1 is 1.69 bits per heavy atom. The second-order valence-electron chi connectivity index (χ2n) is 3.66. The van der Waals surface area contributed by atoms with Crippen molar-refractivity contribution in [3.63, 3.8) is 0 Å². The minimum Gasteiger partial charge on any atom is -0.380 e. The summed E-state index contributed by atoms with van der Waals surface area (Å²) in [5.41, 5.74) is 6.80. The van der Waals surface area contributed by atoms with E-state index < -0.39 is 0 Å². The Hall–Kier alpha value is -1.03. The van der Waals surface area contributed by atoms with Crippen LogP contribution in [0.15, 0.2) is 12.4 Å². The van der Waals surface area contributed by atoms with E-state index in [-0.39, 0.29) is 0 Å². The molecule has 0 aromatic carbocycles. The Balaban J connectivity index is 1.87. The number of nitrogens with zero attached hydrogens (tertiary/aromatic N) is 2. The molecule has 13 heavy (non-hydrogen) atoms. The van der Waals surface area contributed by atoms with Crippen LogP contribution in [0.1, 0.15) is 19.8 Å². The molecule has 0 spiro atoms. The van der Waals surface area contributed by atoms with Gasteiger partial charge in [0.1, 0.15) is 0 Å². The number of nitrogens with two attached hydrogens (primary N) is 1. The molecule has 0 bridgehead atoms. The summed E-state index contributed by atoms with van der Waals surface area (Å²) in [6.07, 6.45) is 6.06. The van der Waals surface area contributed by atoms with Gasteiger partial charge >= 0.3 is 0 Å². The van der Waals surface area contributed by atoms with E-state index in [1.807, 2.05) is 17.1 Å². The Labute approximate surface area is 78.1 Å². The van der Waals surface area contributed by atoms with Gasteiger partial charge in [-0.1, -0.05) is 0 Å². The van der Waals surface area contributed by atoms with Gasteiger partial charge in [0, 0.05) is 24.8 Å². The summed E-state index contributed by atoms with van der Waals surface area (Å²) in [4.78, 5) is 0. The molecule has 3 N–H and O–H groups in total. The lowest BCUT2D eigenvalue weighted by Gasteiger charge is -2.33. The lowest BCUT2D eigenvalue weighted by molar-refractivity contribution is 0.373. The van der Waals surface area contributed by atoms with E-state index in [0.717, 1.165) is 25.1 Å². The van der Waals surface area contributed by atoms with Crippen LogP contribution in [0.5, 0.6) is 0 Å². The molecule has 1 aliphatic carbocycles. The average molecular weight is 180 g/mol. The van der Waals surface area contributed by atoms with Crippen LogP contribution in [0.25, 0.3) is 0 Å². The van der Waals surface area contributed by atoms with Gasteiger partial charge in [-0.05, 0) is 19.8 Å². The fourth-order valence-corrected chi connectivity index (χ4v) is 1.63. The van der Waals surface area contributed by atoms with Crippen LogP contribution in [-0.4, -0.2) is 21.9 Å². The highest BCUT2D eigenvalue weighted by Crippen LogP contribution is 2.21. The first-order valence-corrected chi connectivity index (χ1v) is 4.82. The molecule has 0 saturated heterocycles. The van der Waals surface area contributed by atoms with Gasteiger partial charge in [0.2, 0.25) is 0 Å². The van der Waals surface area contributed by atoms with Gasteiger partial charge in [0.05, 0.1) is 11.9 Å². The van der Waals surface area contributed by atoms with Gasteiger partial charge in [0.15, 0.2) is 0 Å². The third-order valence-corrected chi connectivity index (χ3v) is 2.50. The van der Waals surface area contributed by atoms with Gasteiger partial charge in [0.25, 0.3) is 0 Å². The van der Waals surface area contributed by atoms with Crippen LogP contribution in [-0.2, 0) is 6.54 Å². The van der Waals surface area contributed by atoms with E-state index in [0.29, 0.717) is 12.1 Å². The molecule has 0 unspecified atom stereocenters. The molecular weight excluding hydrogens is 164 g/mol. The summed E-state index contributed by atoms with van der Waals surface area (Å²) in [7, 11) is 0. The maximum absolute atomic E-state index is 5.69. The minimum absolute atomic E-state index is 0.402. The average Bonchev–Trinajstić information content (AvgIpc) is 2.50. The van der Waals surface area contributed by atoms with Gasteiger partial charge in [-0.25, -0.2) is 0 Å². The Morgan fingerprint density at radius 3 is 3.00 bits per heavy atom. The zero-order valence-corrected chi connectivity index (χ0v) is 7.90. The molecular formula is C9H16N4. The zero-order chi connectivity index (χ0) is 9.26. The second-order valence-corrected chi connectivity index (χ2v) is 3.66. The highest BCUT2D eigenvalue weighted by molar-refractivity contribution is 5.40. The number of aromatic nitrogens is 2. The summed E-state index contributed by atoms with van der Waals surface area (Å²) < 4.78 is 1.92. The lowest BCUT2D eigenvalue weighted by Crippen LogP contribution is -2.44. The number of hydrogen-bond donors (Lipinski definition) is 2. The molecule has 1 aromatic heterocycles. The second kappa shape index (κ2) is 3.38. The first kappa shape index (κ1) is 8.56. The van der Waals surface area contributed by atoms with Crippen LogP contribution < -0.4 is 11.1 Å². The van der Waals surface area contributed by atoms with Crippen molar-refractivity contribution in [2.75, 3.05) is 5.32 Å². The maximum atomic E-state index is 5.69. The van der Waals surface area contributed by atoms with E-state index in [2.05, 4.69) is 17.3 Å². The number of hydrogen-bond acceptors (Lipinski definition) is 3. The summed E-state index contributed by atoms with van der Waals surface area (Å²) in [5, 5.41) is 7.59. The lowest BCUT2D eigenvalue weighted by atomic mass is 9.87. The number of nitrogens with one attached hydrogen (secondary N) is 1. The molecule has 1 fully saturated rings. The highest BCUT2D eigenvalue weighted by atomic mass is 15.3. The van der Waals surface area contributed by atoms with E-state index in [1.165, 1.54) is 0 Å². The van der Waals surface area contributed by atoms with Crippen molar-refractivity contribution < 1.29 is 0 Å². The molecule has 0 aliphatic heterocycles. The van der Waals surface area contributed by atoms with Crippen LogP contribution in [0.4, 0.5) is 5.69 Å². The van der Waals surface area contributed by atoms with Crippen molar-refractivity contribution in [1.82, 2.24) is 9.78 Å². The molecule has 1 aromatic rings. The van der Waals surface area contributed by atoms with Crippen molar-refractivity contribution in [1.29, 1.82) is 0 Å². The summed E-state index contributed by atoms with van der Waals surface area (Å²) in [6, 6.07) is 0.961. The molecule has 4 heteroatoms. The standard InChI is InChI=1S/C9H16N4/c1-2-13-6-9(5-11-13)12-8-3-7(10)4-8/h5-8,12H,2-4,10H2,1H3. The van der Waals surface area contributed by atoms with E-state index in [9.17, 15) is 0 Å². The molecule has 0 amide bonds. The highest BCUT2D eigenvalue weighted by Gasteiger charge is 2.25. The summed E-state index contributed by atoms with van der Waals surface area (Å²) >= 11 is 0. The smallest absolute Gasteiger partial charge is 0.0728 e. The third kappa shape index (κ3) is 1.83. The van der Waals surface area contributed by atoms with Crippen molar-refractivity contribution in [2.45, 2.75) is 38.4 Å². The minimum atomic E-state index is 0.402. The molecule has 0 radical (unpaired) electrons. The summed E-state index contributed by atoms with van der Waals surface area (Å²) in [6.45, 7) is 3.00. The van der Waals surface area contributed by atoms with Crippen LogP contribution in [0.2, 0.25) is 0 Å². The molecule has 1 aliphatic rings. The first-order valence-electron chi connectivity index (χ1n) is 4.82. The fourth-order valence-electron chi connectivity index (χ4n) is 1.63. The SMILES string of the molecule is CCn1cc(NC2CC(N)C2)cn1. The van der Waals surface area contributed by atoms with Gasteiger partial charge in [-0.2, -0.15) is 5.10 Å².